The monoisotopic (exact) mass is 172 g/mol. The molecule has 4 heteroatoms. The Morgan fingerprint density at radius 2 is 2.31 bits per heavy atom. The molecule has 0 unspecified atom stereocenters. The van der Waals surface area contributed by atoms with Crippen molar-refractivity contribution in [1.29, 1.82) is 5.26 Å². The van der Waals surface area contributed by atoms with Crippen LogP contribution in [0.25, 0.3) is 5.65 Å². The van der Waals surface area contributed by atoms with Crippen LogP contribution < -0.4 is 0 Å². The van der Waals surface area contributed by atoms with E-state index in [9.17, 15) is 0 Å². The van der Waals surface area contributed by atoms with Crippen LogP contribution in [0.3, 0.4) is 0 Å². The molecule has 2 heterocycles. The number of hydrogen-bond donors (Lipinski definition) is 0. The molecule has 0 saturated carbocycles. The summed E-state index contributed by atoms with van der Waals surface area (Å²) in [6, 6.07) is 5.62. The molecule has 0 N–H and O–H groups in total. The minimum absolute atomic E-state index is 0.627. The third-order valence-electron chi connectivity index (χ3n) is 1.92. The summed E-state index contributed by atoms with van der Waals surface area (Å²) in [7, 11) is 0. The average Bonchev–Trinajstić information content (AvgIpc) is 2.59. The standard InChI is InChI=1S/C9H8N4/c1-2-8-11-12-9-4-3-7(5-10)6-13(8)9/h3-4,6H,2H2,1H3. The Balaban J connectivity index is 2.73. The number of aryl methyl sites for hydroxylation is 1. The first-order chi connectivity index (χ1) is 6.35. The van der Waals surface area contributed by atoms with Crippen molar-refractivity contribution < 1.29 is 0 Å². The van der Waals surface area contributed by atoms with Crippen molar-refractivity contribution in [3.8, 4) is 6.07 Å². The fourth-order valence-electron chi connectivity index (χ4n) is 1.25. The van der Waals surface area contributed by atoms with E-state index in [-0.39, 0.29) is 0 Å². The van der Waals surface area contributed by atoms with Gasteiger partial charge in [0.15, 0.2) is 5.65 Å². The predicted molar refractivity (Wildman–Crippen MR) is 47.1 cm³/mol. The summed E-state index contributed by atoms with van der Waals surface area (Å²) in [4.78, 5) is 0. The second-order valence-corrected chi connectivity index (χ2v) is 2.73. The van der Waals surface area contributed by atoms with E-state index in [1.807, 2.05) is 11.3 Å². The van der Waals surface area contributed by atoms with Gasteiger partial charge in [0, 0.05) is 12.6 Å². The molecule has 0 aliphatic heterocycles. The quantitative estimate of drug-likeness (QED) is 0.648. The number of hydrogen-bond acceptors (Lipinski definition) is 3. The molecule has 13 heavy (non-hydrogen) atoms. The molecule has 4 nitrogen and oxygen atoms in total. The first-order valence-electron chi connectivity index (χ1n) is 4.09. The van der Waals surface area contributed by atoms with Gasteiger partial charge in [-0.3, -0.25) is 4.40 Å². The van der Waals surface area contributed by atoms with Crippen molar-refractivity contribution >= 4 is 5.65 Å². The molecule has 0 radical (unpaired) electrons. The summed E-state index contributed by atoms with van der Waals surface area (Å²) < 4.78 is 1.85. The molecular weight excluding hydrogens is 164 g/mol. The van der Waals surface area contributed by atoms with Crippen LogP contribution in [0, 0.1) is 11.3 Å². The Hall–Kier alpha value is -1.89. The topological polar surface area (TPSA) is 54.0 Å². The van der Waals surface area contributed by atoms with Gasteiger partial charge < -0.3 is 0 Å². The first kappa shape index (κ1) is 7.74. The Morgan fingerprint density at radius 3 is 3.00 bits per heavy atom. The highest BCUT2D eigenvalue weighted by Crippen LogP contribution is 2.06. The fourth-order valence-corrected chi connectivity index (χ4v) is 1.25. The van der Waals surface area contributed by atoms with Crippen molar-refractivity contribution in [2.24, 2.45) is 0 Å². The van der Waals surface area contributed by atoms with E-state index in [1.165, 1.54) is 0 Å². The van der Waals surface area contributed by atoms with Crippen LogP contribution in [0.1, 0.15) is 18.3 Å². The lowest BCUT2D eigenvalue weighted by Gasteiger charge is -1.95. The molecule has 0 atom stereocenters. The van der Waals surface area contributed by atoms with Crippen molar-refractivity contribution in [1.82, 2.24) is 14.6 Å². The summed E-state index contributed by atoms with van der Waals surface area (Å²) in [6.45, 7) is 2.01. The highest BCUT2D eigenvalue weighted by atomic mass is 15.2. The lowest BCUT2D eigenvalue weighted by Crippen LogP contribution is -1.92. The maximum Gasteiger partial charge on any atom is 0.160 e. The number of aromatic nitrogens is 3. The van der Waals surface area contributed by atoms with Crippen LogP contribution in [0.4, 0.5) is 0 Å². The van der Waals surface area contributed by atoms with Gasteiger partial charge in [0.25, 0.3) is 0 Å². The number of nitriles is 1. The van der Waals surface area contributed by atoms with Crippen LogP contribution in [0.5, 0.6) is 0 Å². The van der Waals surface area contributed by atoms with E-state index in [4.69, 9.17) is 5.26 Å². The van der Waals surface area contributed by atoms with Gasteiger partial charge in [0.2, 0.25) is 0 Å². The molecule has 0 fully saturated rings. The van der Waals surface area contributed by atoms with Crippen molar-refractivity contribution in [3.05, 3.63) is 29.7 Å². The van der Waals surface area contributed by atoms with E-state index < -0.39 is 0 Å². The molecule has 0 aliphatic carbocycles. The molecule has 2 aromatic heterocycles. The van der Waals surface area contributed by atoms with Crippen LogP contribution in [0.15, 0.2) is 18.3 Å². The normalized spacial score (nSPS) is 10.2. The zero-order valence-corrected chi connectivity index (χ0v) is 7.23. The number of fused-ring (bicyclic) bond motifs is 1. The maximum atomic E-state index is 8.69. The Kier molecular flexibility index (Phi) is 1.71. The van der Waals surface area contributed by atoms with Gasteiger partial charge in [0.1, 0.15) is 11.9 Å². The molecular formula is C9H8N4. The Morgan fingerprint density at radius 1 is 1.46 bits per heavy atom. The summed E-state index contributed by atoms with van der Waals surface area (Å²) in [6.07, 6.45) is 2.57. The second-order valence-electron chi connectivity index (χ2n) is 2.73. The summed E-state index contributed by atoms with van der Waals surface area (Å²) in [5.74, 6) is 0.882. The van der Waals surface area contributed by atoms with Gasteiger partial charge in [-0.05, 0) is 12.1 Å². The SMILES string of the molecule is CCc1nnc2ccc(C#N)cn12. The highest BCUT2D eigenvalue weighted by molar-refractivity contribution is 5.42. The van der Waals surface area contributed by atoms with Gasteiger partial charge in [0.05, 0.1) is 5.56 Å². The Bertz CT molecular complexity index is 478. The maximum absolute atomic E-state index is 8.69. The van der Waals surface area contributed by atoms with E-state index in [2.05, 4.69) is 16.3 Å². The molecule has 64 valence electrons. The first-order valence-corrected chi connectivity index (χ1v) is 4.09. The predicted octanol–water partition coefficient (Wildman–Crippen LogP) is 1.16. The molecule has 0 aliphatic rings. The van der Waals surface area contributed by atoms with Crippen molar-refractivity contribution in [2.45, 2.75) is 13.3 Å². The largest absolute Gasteiger partial charge is 0.285 e. The summed E-state index contributed by atoms with van der Waals surface area (Å²) in [5, 5.41) is 16.7. The average molecular weight is 172 g/mol. The lowest BCUT2D eigenvalue weighted by molar-refractivity contribution is 0.908. The summed E-state index contributed by atoms with van der Waals surface area (Å²) >= 11 is 0. The molecule has 0 aromatic carbocycles. The molecule has 2 rings (SSSR count). The van der Waals surface area contributed by atoms with E-state index in [0.717, 1.165) is 17.9 Å². The van der Waals surface area contributed by atoms with Gasteiger partial charge in [-0.15, -0.1) is 10.2 Å². The van der Waals surface area contributed by atoms with Gasteiger partial charge in [-0.2, -0.15) is 5.26 Å². The molecule has 0 amide bonds. The van der Waals surface area contributed by atoms with E-state index in [0.29, 0.717) is 5.56 Å². The Labute approximate surface area is 75.4 Å². The smallest absolute Gasteiger partial charge is 0.160 e. The van der Waals surface area contributed by atoms with Gasteiger partial charge in [-0.25, -0.2) is 0 Å². The van der Waals surface area contributed by atoms with Crippen LogP contribution >= 0.6 is 0 Å². The van der Waals surface area contributed by atoms with Gasteiger partial charge in [-0.1, -0.05) is 6.92 Å². The lowest BCUT2D eigenvalue weighted by atomic mass is 10.3. The summed E-state index contributed by atoms with van der Waals surface area (Å²) in [5.41, 5.74) is 1.41. The third-order valence-corrected chi connectivity index (χ3v) is 1.92. The van der Waals surface area contributed by atoms with Crippen LogP contribution in [0.2, 0.25) is 0 Å². The van der Waals surface area contributed by atoms with E-state index in [1.54, 1.807) is 18.3 Å². The van der Waals surface area contributed by atoms with E-state index >= 15 is 0 Å². The van der Waals surface area contributed by atoms with Crippen molar-refractivity contribution in [3.63, 3.8) is 0 Å². The fraction of sp³-hybridized carbons (Fsp3) is 0.222. The number of pyridine rings is 1. The highest BCUT2D eigenvalue weighted by Gasteiger charge is 2.02. The third kappa shape index (κ3) is 1.14. The molecule has 0 saturated heterocycles. The number of rotatable bonds is 1. The van der Waals surface area contributed by atoms with Crippen LogP contribution in [-0.4, -0.2) is 14.6 Å². The molecule has 0 bridgehead atoms. The zero-order chi connectivity index (χ0) is 9.26. The van der Waals surface area contributed by atoms with Crippen LogP contribution in [-0.2, 0) is 6.42 Å². The minimum Gasteiger partial charge on any atom is -0.285 e. The second kappa shape index (κ2) is 2.87. The molecule has 0 spiro atoms. The molecule has 2 aromatic rings. The van der Waals surface area contributed by atoms with Gasteiger partial charge >= 0.3 is 0 Å². The minimum atomic E-state index is 0.627. The van der Waals surface area contributed by atoms with Crippen molar-refractivity contribution in [2.75, 3.05) is 0 Å². The zero-order valence-electron chi connectivity index (χ0n) is 7.23. The number of nitrogens with zero attached hydrogens (tertiary/aromatic N) is 4.